The van der Waals surface area contributed by atoms with E-state index in [1.165, 1.54) is 18.1 Å². The van der Waals surface area contributed by atoms with Crippen molar-refractivity contribution >= 4 is 14.2 Å². The minimum Gasteiger partial charge on any atom is -0.414 e. The second kappa shape index (κ2) is 8.09. The van der Waals surface area contributed by atoms with E-state index in [2.05, 4.69) is 31.0 Å². The average molecular weight is 367 g/mol. The summed E-state index contributed by atoms with van der Waals surface area (Å²) in [6.45, 7) is 9.89. The van der Waals surface area contributed by atoms with Gasteiger partial charge in [-0.25, -0.2) is 0 Å². The molecule has 2 saturated heterocycles. The maximum absolute atomic E-state index is 13.1. The highest BCUT2D eigenvalue weighted by molar-refractivity contribution is 6.73. The van der Waals surface area contributed by atoms with Crippen LogP contribution in [0.5, 0.6) is 0 Å². The number of nitrogens with one attached hydrogen (secondary N) is 1. The smallest absolute Gasteiger partial charge is 0.230 e. The highest BCUT2D eigenvalue weighted by Gasteiger charge is 2.49. The van der Waals surface area contributed by atoms with Crippen LogP contribution in [0.2, 0.25) is 18.1 Å². The minimum atomic E-state index is -1.49. The van der Waals surface area contributed by atoms with E-state index in [1.807, 2.05) is 0 Å². The van der Waals surface area contributed by atoms with Crippen molar-refractivity contribution in [3.63, 3.8) is 0 Å². The maximum Gasteiger partial charge on any atom is 0.230 e. The maximum atomic E-state index is 13.1. The SMILES string of the molecule is CC[Si](CC)(CC)O[C@H]1CC[C@H](N2CC[C@@]3(CCCNC3)C2=O)CC1. The van der Waals surface area contributed by atoms with Crippen molar-refractivity contribution in [1.29, 1.82) is 0 Å². The number of carbonyl (C=O) groups excluding carboxylic acids is 1. The quantitative estimate of drug-likeness (QED) is 0.724. The van der Waals surface area contributed by atoms with E-state index in [9.17, 15) is 4.79 Å². The summed E-state index contributed by atoms with van der Waals surface area (Å²) in [5.41, 5.74) is -0.0691. The van der Waals surface area contributed by atoms with Gasteiger partial charge in [0, 0.05) is 25.2 Å². The van der Waals surface area contributed by atoms with Crippen LogP contribution in [0.15, 0.2) is 0 Å². The molecule has 3 rings (SSSR count). The lowest BCUT2D eigenvalue weighted by atomic mass is 9.79. The van der Waals surface area contributed by atoms with Crippen molar-refractivity contribution in [3.05, 3.63) is 0 Å². The zero-order valence-corrected chi connectivity index (χ0v) is 17.6. The molecule has 144 valence electrons. The van der Waals surface area contributed by atoms with Crippen LogP contribution < -0.4 is 5.32 Å². The van der Waals surface area contributed by atoms with Crippen molar-refractivity contribution in [2.45, 2.75) is 96.0 Å². The number of piperidine rings is 1. The Balaban J connectivity index is 1.53. The average Bonchev–Trinajstić information content (AvgIpc) is 2.97. The molecule has 1 amide bonds. The number of likely N-dealkylation sites (tertiary alicyclic amines) is 1. The van der Waals surface area contributed by atoms with Gasteiger partial charge in [0.15, 0.2) is 8.32 Å². The van der Waals surface area contributed by atoms with Crippen molar-refractivity contribution in [2.24, 2.45) is 5.41 Å². The Bertz CT molecular complexity index is 444. The molecule has 0 aromatic heterocycles. The molecular weight excluding hydrogens is 328 g/mol. The molecule has 2 aliphatic heterocycles. The second-order valence-corrected chi connectivity index (χ2v) is 13.3. The Hall–Kier alpha value is -0.393. The number of hydrogen-bond donors (Lipinski definition) is 1. The summed E-state index contributed by atoms with van der Waals surface area (Å²) in [4.78, 5) is 15.3. The van der Waals surface area contributed by atoms with E-state index in [1.54, 1.807) is 0 Å². The number of rotatable bonds is 6. The van der Waals surface area contributed by atoms with Gasteiger partial charge in [0.1, 0.15) is 0 Å². The summed E-state index contributed by atoms with van der Waals surface area (Å²) in [5, 5.41) is 3.46. The molecule has 5 heteroatoms. The molecule has 25 heavy (non-hydrogen) atoms. The lowest BCUT2D eigenvalue weighted by Gasteiger charge is -2.40. The summed E-state index contributed by atoms with van der Waals surface area (Å²) in [6, 6.07) is 4.18. The van der Waals surface area contributed by atoms with Gasteiger partial charge in [0.25, 0.3) is 0 Å². The molecule has 0 aromatic carbocycles. The van der Waals surface area contributed by atoms with Crippen molar-refractivity contribution in [2.75, 3.05) is 19.6 Å². The van der Waals surface area contributed by atoms with Gasteiger partial charge in [0.05, 0.1) is 5.41 Å². The molecule has 1 spiro atoms. The summed E-state index contributed by atoms with van der Waals surface area (Å²) < 4.78 is 6.70. The van der Waals surface area contributed by atoms with Crippen LogP contribution in [0.3, 0.4) is 0 Å². The Labute approximate surface area is 155 Å². The van der Waals surface area contributed by atoms with E-state index in [-0.39, 0.29) is 5.41 Å². The number of amides is 1. The molecule has 0 radical (unpaired) electrons. The summed E-state index contributed by atoms with van der Waals surface area (Å²) in [5.74, 6) is 0.448. The second-order valence-electron chi connectivity index (χ2n) is 8.60. The van der Waals surface area contributed by atoms with Gasteiger partial charge in [-0.3, -0.25) is 4.79 Å². The molecule has 4 nitrogen and oxygen atoms in total. The first-order valence-electron chi connectivity index (χ1n) is 10.8. The van der Waals surface area contributed by atoms with E-state index >= 15 is 0 Å². The largest absolute Gasteiger partial charge is 0.414 e. The van der Waals surface area contributed by atoms with Crippen LogP contribution in [0.25, 0.3) is 0 Å². The Kier molecular flexibility index (Phi) is 6.27. The first-order valence-corrected chi connectivity index (χ1v) is 13.3. The van der Waals surface area contributed by atoms with Crippen molar-refractivity contribution in [1.82, 2.24) is 10.2 Å². The Morgan fingerprint density at radius 1 is 1.12 bits per heavy atom. The Morgan fingerprint density at radius 3 is 2.36 bits per heavy atom. The third-order valence-corrected chi connectivity index (χ3v) is 12.2. The van der Waals surface area contributed by atoms with E-state index < -0.39 is 8.32 Å². The third kappa shape index (κ3) is 3.84. The molecule has 1 saturated carbocycles. The summed E-state index contributed by atoms with van der Waals surface area (Å²) in [6.07, 6.45) is 8.33. The molecule has 3 fully saturated rings. The van der Waals surface area contributed by atoms with Crippen LogP contribution in [0.1, 0.15) is 65.7 Å². The van der Waals surface area contributed by atoms with Crippen LogP contribution >= 0.6 is 0 Å². The number of nitrogens with zero attached hydrogens (tertiary/aromatic N) is 1. The molecule has 0 bridgehead atoms. The van der Waals surface area contributed by atoms with Gasteiger partial charge in [-0.05, 0) is 69.6 Å². The highest BCUT2D eigenvalue weighted by Crippen LogP contribution is 2.41. The van der Waals surface area contributed by atoms with Gasteiger partial charge >= 0.3 is 0 Å². The normalized spacial score (nSPS) is 34.0. The van der Waals surface area contributed by atoms with Crippen LogP contribution in [0, 0.1) is 5.41 Å². The lowest BCUT2D eigenvalue weighted by Crippen LogP contribution is -2.49. The van der Waals surface area contributed by atoms with Gasteiger partial charge in [-0.2, -0.15) is 0 Å². The molecule has 0 aromatic rings. The summed E-state index contributed by atoms with van der Waals surface area (Å²) in [7, 11) is -1.49. The van der Waals surface area contributed by atoms with Gasteiger partial charge in [-0.15, -0.1) is 0 Å². The predicted octanol–water partition coefficient (Wildman–Crippen LogP) is 3.92. The minimum absolute atomic E-state index is 0.0691. The monoisotopic (exact) mass is 366 g/mol. The molecule has 0 unspecified atom stereocenters. The zero-order valence-electron chi connectivity index (χ0n) is 16.6. The molecule has 1 atom stereocenters. The number of carbonyl (C=O) groups is 1. The van der Waals surface area contributed by atoms with E-state index in [4.69, 9.17) is 4.43 Å². The standard InChI is InChI=1S/C20H38N2O2Si/c1-4-25(5-2,6-3)24-18-10-8-17(9-11-18)22-15-13-20(19(22)23)12-7-14-21-16-20/h17-18,21H,4-16H2,1-3H3/t17-,18-,20-/m1/s1. The predicted molar refractivity (Wildman–Crippen MR) is 105 cm³/mol. The number of hydrogen-bond acceptors (Lipinski definition) is 3. The van der Waals surface area contributed by atoms with Crippen LogP contribution in [-0.2, 0) is 9.22 Å². The lowest BCUT2D eigenvalue weighted by molar-refractivity contribution is -0.139. The topological polar surface area (TPSA) is 41.6 Å². The zero-order chi connectivity index (χ0) is 17.9. The molecule has 2 heterocycles. The Morgan fingerprint density at radius 2 is 1.80 bits per heavy atom. The van der Waals surface area contributed by atoms with Gasteiger partial charge in [0.2, 0.25) is 5.91 Å². The van der Waals surface area contributed by atoms with E-state index in [0.717, 1.165) is 64.6 Å². The highest BCUT2D eigenvalue weighted by atomic mass is 28.4. The van der Waals surface area contributed by atoms with Crippen molar-refractivity contribution in [3.8, 4) is 0 Å². The molecule has 3 aliphatic rings. The fourth-order valence-electron chi connectivity index (χ4n) is 5.39. The molecular formula is C20H38N2O2Si. The fourth-order valence-corrected chi connectivity index (χ4v) is 8.33. The molecule has 1 aliphatic carbocycles. The molecule has 1 N–H and O–H groups in total. The first kappa shape index (κ1) is 19.4. The summed E-state index contributed by atoms with van der Waals surface area (Å²) >= 11 is 0. The fraction of sp³-hybridized carbons (Fsp3) is 0.950. The van der Waals surface area contributed by atoms with Gasteiger partial charge in [-0.1, -0.05) is 20.8 Å². The van der Waals surface area contributed by atoms with Crippen molar-refractivity contribution < 1.29 is 9.22 Å². The van der Waals surface area contributed by atoms with Gasteiger partial charge < -0.3 is 14.6 Å². The van der Waals surface area contributed by atoms with E-state index in [0.29, 0.717) is 18.1 Å². The van der Waals surface area contributed by atoms with Crippen LogP contribution in [-0.4, -0.2) is 50.9 Å². The van der Waals surface area contributed by atoms with Crippen LogP contribution in [0.4, 0.5) is 0 Å². The third-order valence-electron chi connectivity index (χ3n) is 7.45. The first-order chi connectivity index (χ1) is 12.1.